The number of nitrogens with zero attached hydrogens (tertiary/aromatic N) is 6. The summed E-state index contributed by atoms with van der Waals surface area (Å²) in [5.41, 5.74) is -0.686. The molecule has 0 atom stereocenters. The van der Waals surface area contributed by atoms with Gasteiger partial charge < -0.3 is 14.5 Å². The van der Waals surface area contributed by atoms with Gasteiger partial charge in [0.25, 0.3) is 11.1 Å². The third kappa shape index (κ3) is 4.07. The number of carbonyl (C=O) groups excluding carboxylic acids is 1. The molecule has 0 bridgehead atoms. The van der Waals surface area contributed by atoms with E-state index in [4.69, 9.17) is 11.6 Å². The standard InChI is InChI=1S/C21H22ClN7O4/c1-4-7-28(9-15-24-14-8-12(22)5-6-13(14)19(31)25-15)16(30)10-29-20(32)17-18(23-11-26(17)2)27(3)21(29)33/h5-6,8,11H,4,7,9-10H2,1-3H3,(H,24,25,31). The van der Waals surface area contributed by atoms with E-state index in [1.807, 2.05) is 6.92 Å². The number of halogens is 1. The summed E-state index contributed by atoms with van der Waals surface area (Å²) < 4.78 is 3.64. The molecule has 0 saturated heterocycles. The number of imidazole rings is 1. The number of amides is 1. The molecule has 3 heterocycles. The number of aromatic amines is 1. The molecule has 0 aliphatic carbocycles. The minimum absolute atomic E-state index is 0.00733. The summed E-state index contributed by atoms with van der Waals surface area (Å²) in [6.07, 6.45) is 2.07. The van der Waals surface area contributed by atoms with Gasteiger partial charge in [0.1, 0.15) is 12.4 Å². The van der Waals surface area contributed by atoms with E-state index in [-0.39, 0.29) is 29.1 Å². The summed E-state index contributed by atoms with van der Waals surface area (Å²) in [6.45, 7) is 1.80. The molecule has 0 aliphatic rings. The van der Waals surface area contributed by atoms with Crippen molar-refractivity contribution in [3.63, 3.8) is 0 Å². The second-order valence-corrected chi connectivity index (χ2v) is 8.19. The summed E-state index contributed by atoms with van der Waals surface area (Å²) in [5, 5.41) is 0.824. The molecule has 1 amide bonds. The highest BCUT2D eigenvalue weighted by Crippen LogP contribution is 2.15. The van der Waals surface area contributed by atoms with Crippen LogP contribution in [0.2, 0.25) is 5.02 Å². The van der Waals surface area contributed by atoms with Gasteiger partial charge in [-0.3, -0.25) is 19.0 Å². The molecular formula is C21H22ClN7O4. The fourth-order valence-corrected chi connectivity index (χ4v) is 3.92. The number of hydrogen-bond donors (Lipinski definition) is 1. The van der Waals surface area contributed by atoms with Gasteiger partial charge >= 0.3 is 5.69 Å². The van der Waals surface area contributed by atoms with Gasteiger partial charge in [-0.15, -0.1) is 0 Å². The Bertz CT molecular complexity index is 1560. The Morgan fingerprint density at radius 3 is 2.70 bits per heavy atom. The summed E-state index contributed by atoms with van der Waals surface area (Å²) in [5.74, 6) is -0.176. The van der Waals surface area contributed by atoms with E-state index in [0.717, 1.165) is 4.57 Å². The van der Waals surface area contributed by atoms with Crippen molar-refractivity contribution in [1.82, 2.24) is 33.6 Å². The number of fused-ring (bicyclic) bond motifs is 2. The summed E-state index contributed by atoms with van der Waals surface area (Å²) >= 11 is 6.02. The lowest BCUT2D eigenvalue weighted by Crippen LogP contribution is -2.45. The van der Waals surface area contributed by atoms with Gasteiger partial charge in [-0.05, 0) is 24.6 Å². The zero-order valence-electron chi connectivity index (χ0n) is 18.3. The van der Waals surface area contributed by atoms with Crippen LogP contribution in [-0.2, 0) is 32.0 Å². The molecule has 11 nitrogen and oxygen atoms in total. The van der Waals surface area contributed by atoms with E-state index >= 15 is 0 Å². The van der Waals surface area contributed by atoms with Crippen molar-refractivity contribution in [2.24, 2.45) is 14.1 Å². The average Bonchev–Trinajstić information content (AvgIpc) is 3.16. The van der Waals surface area contributed by atoms with Crippen LogP contribution in [0, 0.1) is 0 Å². The van der Waals surface area contributed by atoms with Gasteiger partial charge in [0, 0.05) is 25.7 Å². The van der Waals surface area contributed by atoms with Crippen molar-refractivity contribution >= 4 is 39.6 Å². The third-order valence-electron chi connectivity index (χ3n) is 5.40. The van der Waals surface area contributed by atoms with Gasteiger partial charge in [0.15, 0.2) is 11.2 Å². The van der Waals surface area contributed by atoms with E-state index in [9.17, 15) is 19.2 Å². The maximum absolute atomic E-state index is 13.1. The molecule has 0 saturated carbocycles. The lowest BCUT2D eigenvalue weighted by molar-refractivity contribution is -0.132. The quantitative estimate of drug-likeness (QED) is 0.442. The number of aromatic nitrogens is 6. The lowest BCUT2D eigenvalue weighted by atomic mass is 10.2. The molecule has 0 aliphatic heterocycles. The third-order valence-corrected chi connectivity index (χ3v) is 5.63. The van der Waals surface area contributed by atoms with Crippen LogP contribution in [0.1, 0.15) is 19.2 Å². The highest BCUT2D eigenvalue weighted by Gasteiger charge is 2.21. The Morgan fingerprint density at radius 2 is 1.97 bits per heavy atom. The molecule has 0 unspecified atom stereocenters. The number of carbonyl (C=O) groups is 1. The Morgan fingerprint density at radius 1 is 1.21 bits per heavy atom. The van der Waals surface area contributed by atoms with Gasteiger partial charge in [0.2, 0.25) is 5.91 Å². The molecule has 0 radical (unpaired) electrons. The maximum Gasteiger partial charge on any atom is 0.332 e. The predicted octanol–water partition coefficient (Wildman–Crippen LogP) is 0.762. The number of nitrogens with one attached hydrogen (secondary N) is 1. The van der Waals surface area contributed by atoms with Crippen LogP contribution < -0.4 is 16.8 Å². The summed E-state index contributed by atoms with van der Waals surface area (Å²) in [7, 11) is 3.14. The predicted molar refractivity (Wildman–Crippen MR) is 123 cm³/mol. The van der Waals surface area contributed by atoms with Crippen LogP contribution in [-0.4, -0.2) is 46.0 Å². The Labute approximate surface area is 191 Å². The summed E-state index contributed by atoms with van der Waals surface area (Å²) in [6, 6.07) is 4.76. The van der Waals surface area contributed by atoms with E-state index in [0.29, 0.717) is 28.9 Å². The van der Waals surface area contributed by atoms with Crippen LogP contribution in [0.15, 0.2) is 38.9 Å². The largest absolute Gasteiger partial charge is 0.334 e. The second kappa shape index (κ2) is 8.66. The van der Waals surface area contributed by atoms with E-state index in [2.05, 4.69) is 15.0 Å². The highest BCUT2D eigenvalue weighted by atomic mass is 35.5. The lowest BCUT2D eigenvalue weighted by Gasteiger charge is -2.22. The monoisotopic (exact) mass is 471 g/mol. The molecule has 3 aromatic heterocycles. The molecule has 0 fully saturated rings. The fraction of sp³-hybridized carbons (Fsp3) is 0.333. The van der Waals surface area contributed by atoms with Crippen molar-refractivity contribution < 1.29 is 4.79 Å². The number of aryl methyl sites for hydroxylation is 2. The summed E-state index contributed by atoms with van der Waals surface area (Å²) in [4.78, 5) is 63.9. The van der Waals surface area contributed by atoms with Gasteiger partial charge in [-0.25, -0.2) is 19.3 Å². The Balaban J connectivity index is 1.69. The molecular weight excluding hydrogens is 450 g/mol. The van der Waals surface area contributed by atoms with Gasteiger partial charge in [0.05, 0.1) is 23.8 Å². The van der Waals surface area contributed by atoms with Crippen LogP contribution in [0.3, 0.4) is 0 Å². The molecule has 4 rings (SSSR count). The van der Waals surface area contributed by atoms with Crippen molar-refractivity contribution in [2.75, 3.05) is 6.54 Å². The molecule has 172 valence electrons. The fourth-order valence-electron chi connectivity index (χ4n) is 3.75. The van der Waals surface area contributed by atoms with Crippen molar-refractivity contribution in [3.8, 4) is 0 Å². The molecule has 12 heteroatoms. The SMILES string of the molecule is CCCN(Cc1nc2cc(Cl)ccc2c(=O)[nH]1)C(=O)Cn1c(=O)c2c(ncn2C)n(C)c1=O. The first-order valence-corrected chi connectivity index (χ1v) is 10.7. The Hall–Kier alpha value is -3.73. The zero-order chi connectivity index (χ0) is 23.9. The van der Waals surface area contributed by atoms with Crippen LogP contribution in [0.4, 0.5) is 0 Å². The number of H-pyrrole nitrogens is 1. The molecule has 33 heavy (non-hydrogen) atoms. The minimum Gasteiger partial charge on any atom is -0.334 e. The Kier molecular flexibility index (Phi) is 5.90. The first-order valence-electron chi connectivity index (χ1n) is 10.3. The van der Waals surface area contributed by atoms with Crippen molar-refractivity contribution in [2.45, 2.75) is 26.4 Å². The van der Waals surface area contributed by atoms with E-state index in [1.165, 1.54) is 27.4 Å². The second-order valence-electron chi connectivity index (χ2n) is 7.75. The van der Waals surface area contributed by atoms with Crippen LogP contribution in [0.25, 0.3) is 22.1 Å². The molecule has 1 aromatic carbocycles. The van der Waals surface area contributed by atoms with Gasteiger partial charge in [-0.2, -0.15) is 0 Å². The van der Waals surface area contributed by atoms with E-state index in [1.54, 1.807) is 25.2 Å². The molecule has 1 N–H and O–H groups in total. The number of benzene rings is 1. The van der Waals surface area contributed by atoms with Crippen molar-refractivity contribution in [3.05, 3.63) is 66.6 Å². The zero-order valence-corrected chi connectivity index (χ0v) is 19.1. The minimum atomic E-state index is -0.636. The first kappa shape index (κ1) is 22.5. The van der Waals surface area contributed by atoms with E-state index < -0.39 is 23.7 Å². The molecule has 4 aromatic rings. The van der Waals surface area contributed by atoms with Crippen LogP contribution in [0.5, 0.6) is 0 Å². The number of rotatable bonds is 6. The average molecular weight is 472 g/mol. The highest BCUT2D eigenvalue weighted by molar-refractivity contribution is 6.31. The smallest absolute Gasteiger partial charge is 0.332 e. The first-order chi connectivity index (χ1) is 15.7. The topological polar surface area (TPSA) is 128 Å². The van der Waals surface area contributed by atoms with Crippen LogP contribution >= 0.6 is 11.6 Å². The van der Waals surface area contributed by atoms with Gasteiger partial charge in [-0.1, -0.05) is 18.5 Å². The number of hydrogen-bond acceptors (Lipinski definition) is 6. The molecule has 0 spiro atoms. The maximum atomic E-state index is 13.1. The van der Waals surface area contributed by atoms with Crippen molar-refractivity contribution in [1.29, 1.82) is 0 Å². The normalized spacial score (nSPS) is 11.4.